The number of alkyl halides is 1. The second kappa shape index (κ2) is 15.1. The summed E-state index contributed by atoms with van der Waals surface area (Å²) in [5.41, 5.74) is -6.82. The predicted molar refractivity (Wildman–Crippen MR) is 198 cm³/mol. The van der Waals surface area contributed by atoms with Crippen molar-refractivity contribution in [3.8, 4) is 12.3 Å². The zero-order valence-electron chi connectivity index (χ0n) is 34.6. The van der Waals surface area contributed by atoms with Gasteiger partial charge in [-0.2, -0.15) is 0 Å². The Bertz CT molecular complexity index is 1470. The number of esters is 1. The molecule has 13 atom stereocenters. The number of ketones is 1. The number of hydrogen-bond acceptors (Lipinski definition) is 11. The van der Waals surface area contributed by atoms with Gasteiger partial charge < -0.3 is 33.3 Å². The Morgan fingerprint density at radius 1 is 1.04 bits per heavy atom. The predicted octanol–water partition coefficient (Wildman–Crippen LogP) is 5.38. The summed E-state index contributed by atoms with van der Waals surface area (Å²) in [7, 11) is 5.45. The number of Topliss-reactive ketones (excluding diaryl/α,β-unsaturated/α-hetero) is 1. The quantitative estimate of drug-likeness (QED) is 0.190. The van der Waals surface area contributed by atoms with Crippen LogP contribution in [0.5, 0.6) is 0 Å². The first-order chi connectivity index (χ1) is 24.4. The fourth-order valence-corrected chi connectivity index (χ4v) is 9.32. The Hall–Kier alpha value is -2.63. The molecule has 0 aromatic heterocycles. The first-order valence-electron chi connectivity index (χ1n) is 19.0. The Morgan fingerprint density at radius 2 is 1.66 bits per heavy atom. The van der Waals surface area contributed by atoms with Crippen LogP contribution in [0.3, 0.4) is 0 Å². The molecule has 0 aromatic rings. The van der Waals surface area contributed by atoms with Gasteiger partial charge in [0.2, 0.25) is 0 Å². The molecule has 53 heavy (non-hydrogen) atoms. The number of amides is 1. The zero-order valence-corrected chi connectivity index (χ0v) is 34.6. The van der Waals surface area contributed by atoms with Crippen molar-refractivity contribution in [3.63, 3.8) is 0 Å². The molecule has 0 aromatic carbocycles. The lowest BCUT2D eigenvalue weighted by molar-refractivity contribution is -0.300. The molecule has 0 N–H and O–H groups in total. The largest absolute Gasteiger partial charge is 0.455 e. The number of nitrogens with zero attached hydrogens (tertiary/aromatic N) is 3. The highest BCUT2D eigenvalue weighted by Crippen LogP contribution is 2.50. The summed E-state index contributed by atoms with van der Waals surface area (Å²) in [5, 5.41) is 0. The minimum atomic E-state index is -3.12. The molecule has 4 rings (SSSR count). The van der Waals surface area contributed by atoms with Gasteiger partial charge in [-0.15, -0.1) is 6.42 Å². The number of terminal acetylenes is 1. The van der Waals surface area contributed by atoms with E-state index >= 15 is 4.39 Å². The topological polar surface area (TPSA) is 125 Å². The van der Waals surface area contributed by atoms with Crippen LogP contribution in [-0.4, -0.2) is 132 Å². The lowest BCUT2D eigenvalue weighted by Gasteiger charge is -2.48. The number of aliphatic imine (C=N–C) groups is 1. The van der Waals surface area contributed by atoms with Crippen LogP contribution in [0.15, 0.2) is 4.99 Å². The van der Waals surface area contributed by atoms with Crippen LogP contribution in [-0.2, 0) is 38.0 Å². The summed E-state index contributed by atoms with van der Waals surface area (Å²) in [6, 6.07) is -0.788. The van der Waals surface area contributed by atoms with Crippen molar-refractivity contribution >= 4 is 23.6 Å². The standard InChI is InChI=1S/C40H64FN3O9/c1-17-19-49-38(11)21-22(3)28-24(5)30-40(13,53-35(47)44(30)37(9,10)36(7,8)42-28)27(18-2)51-34(46)39(12,41)31(45)25(6)32(38)52-33-29(48-16)26(43(14)15)20-23(4)50-33/h1,22-27,29-30,32-33H,18-21H2,2-16H3/t22-,23-,24+,25+,26+,27-,29-,30-,32-,33+,38+,39+,40-/m1/s1. The molecule has 2 bridgehead atoms. The molecule has 300 valence electrons. The molecule has 0 aliphatic carbocycles. The molecular weight excluding hydrogens is 685 g/mol. The maximum atomic E-state index is 17.0. The van der Waals surface area contributed by atoms with Gasteiger partial charge in [-0.05, 0) is 94.7 Å². The van der Waals surface area contributed by atoms with Crippen LogP contribution in [0, 0.1) is 30.1 Å². The van der Waals surface area contributed by atoms with E-state index in [1.165, 1.54) is 6.92 Å². The highest BCUT2D eigenvalue weighted by Gasteiger charge is 2.66. The molecule has 13 heteroatoms. The molecule has 3 fully saturated rings. The first-order valence-corrected chi connectivity index (χ1v) is 19.0. The first kappa shape index (κ1) is 43.1. The summed E-state index contributed by atoms with van der Waals surface area (Å²) in [6.07, 6.45) is 2.13. The van der Waals surface area contributed by atoms with Gasteiger partial charge in [0.25, 0.3) is 5.67 Å². The number of rotatable bonds is 7. The van der Waals surface area contributed by atoms with E-state index in [0.29, 0.717) is 6.42 Å². The van der Waals surface area contributed by atoms with E-state index in [2.05, 4.69) is 5.92 Å². The fraction of sp³-hybridized carbons (Fsp3) is 0.850. The minimum absolute atomic E-state index is 0.108. The molecule has 1 amide bonds. The molecule has 0 spiro atoms. The number of halogens is 1. The maximum Gasteiger partial charge on any atom is 0.411 e. The zero-order chi connectivity index (χ0) is 40.2. The van der Waals surface area contributed by atoms with Crippen LogP contribution in [0.1, 0.15) is 102 Å². The Kier molecular flexibility index (Phi) is 12.3. The van der Waals surface area contributed by atoms with Crippen molar-refractivity contribution in [2.45, 2.75) is 173 Å². The van der Waals surface area contributed by atoms with Crippen molar-refractivity contribution in [1.82, 2.24) is 9.80 Å². The van der Waals surface area contributed by atoms with Crippen LogP contribution in [0.2, 0.25) is 0 Å². The summed E-state index contributed by atoms with van der Waals surface area (Å²) in [6.45, 7) is 21.3. The monoisotopic (exact) mass is 749 g/mol. The number of methoxy groups -OCH3 is 1. The normalized spacial score (nSPS) is 43.3. The summed E-state index contributed by atoms with van der Waals surface area (Å²) < 4.78 is 54.8. The van der Waals surface area contributed by atoms with Crippen molar-refractivity contribution < 1.29 is 47.2 Å². The van der Waals surface area contributed by atoms with Gasteiger partial charge in [0.1, 0.15) is 18.8 Å². The van der Waals surface area contributed by atoms with Crippen molar-refractivity contribution in [1.29, 1.82) is 0 Å². The maximum absolute atomic E-state index is 17.0. The van der Waals surface area contributed by atoms with Gasteiger partial charge in [-0.25, -0.2) is 14.0 Å². The Morgan fingerprint density at radius 3 is 2.21 bits per heavy atom. The lowest BCUT2D eigenvalue weighted by atomic mass is 9.72. The van der Waals surface area contributed by atoms with Crippen molar-refractivity contribution in [2.24, 2.45) is 22.7 Å². The average Bonchev–Trinajstić information content (AvgIpc) is 3.32. The SMILES string of the molecule is C#CCO[C@@]1(C)C[C@@H](C)C2=NC(C)(C)C(C)(C)N3C(=O)O[C@](C)([C@@H](CC)OC(=O)[C@@](C)(F)C(=O)[C@H](C)[C@H]1O[C@@H]1O[C@H](C)C[C@H](N(C)C)[C@H]1OC)[C@H]3[C@H]2C. The van der Waals surface area contributed by atoms with Gasteiger partial charge in [0, 0.05) is 30.7 Å². The third-order valence-electron chi connectivity index (χ3n) is 12.9. The molecule has 0 unspecified atom stereocenters. The molecule has 0 radical (unpaired) electrons. The number of ether oxygens (including phenoxy) is 6. The van der Waals surface area contributed by atoms with E-state index in [4.69, 9.17) is 39.8 Å². The van der Waals surface area contributed by atoms with Gasteiger partial charge in [0.05, 0.1) is 34.9 Å². The summed E-state index contributed by atoms with van der Waals surface area (Å²) >= 11 is 0. The third-order valence-corrected chi connectivity index (χ3v) is 12.9. The number of fused-ring (bicyclic) bond motifs is 1. The van der Waals surface area contributed by atoms with E-state index in [1.54, 1.807) is 32.8 Å². The molecular formula is C40H64FN3O9. The summed E-state index contributed by atoms with van der Waals surface area (Å²) in [4.78, 5) is 51.6. The second-order valence-electron chi connectivity index (χ2n) is 17.5. The minimum Gasteiger partial charge on any atom is -0.455 e. The Balaban J connectivity index is 1.99. The number of cyclic esters (lactones) is 1. The van der Waals surface area contributed by atoms with E-state index in [-0.39, 0.29) is 37.5 Å². The average molecular weight is 750 g/mol. The van der Waals surface area contributed by atoms with Crippen LogP contribution < -0.4 is 0 Å². The van der Waals surface area contributed by atoms with Gasteiger partial charge in [-0.3, -0.25) is 14.7 Å². The van der Waals surface area contributed by atoms with Gasteiger partial charge in [-0.1, -0.05) is 33.6 Å². The molecule has 4 heterocycles. The van der Waals surface area contributed by atoms with Gasteiger partial charge in [0.15, 0.2) is 17.7 Å². The molecule has 3 saturated heterocycles. The van der Waals surface area contributed by atoms with E-state index < -0.39 is 88.3 Å². The highest BCUT2D eigenvalue weighted by atomic mass is 19.1. The summed E-state index contributed by atoms with van der Waals surface area (Å²) in [5.74, 6) is -1.96. The highest BCUT2D eigenvalue weighted by molar-refractivity contribution is 6.08. The van der Waals surface area contributed by atoms with Crippen molar-refractivity contribution in [3.05, 3.63) is 0 Å². The lowest BCUT2D eigenvalue weighted by Crippen LogP contribution is -2.64. The number of hydrogen-bond donors (Lipinski definition) is 0. The number of carbonyl (C=O) groups is 3. The molecule has 0 saturated carbocycles. The van der Waals surface area contributed by atoms with Crippen LogP contribution in [0.4, 0.5) is 9.18 Å². The van der Waals surface area contributed by atoms with Gasteiger partial charge >= 0.3 is 12.1 Å². The molecule has 4 aliphatic rings. The van der Waals surface area contributed by atoms with Crippen molar-refractivity contribution in [2.75, 3.05) is 27.8 Å². The fourth-order valence-electron chi connectivity index (χ4n) is 9.32. The van der Waals surface area contributed by atoms with E-state index in [0.717, 1.165) is 12.6 Å². The number of carbonyl (C=O) groups excluding carboxylic acids is 3. The third kappa shape index (κ3) is 7.40. The second-order valence-corrected chi connectivity index (χ2v) is 17.5. The Labute approximate surface area is 316 Å². The molecule has 4 aliphatic heterocycles. The van der Waals surface area contributed by atoms with Crippen LogP contribution in [0.25, 0.3) is 0 Å². The van der Waals surface area contributed by atoms with Crippen LogP contribution >= 0.6 is 0 Å². The van der Waals surface area contributed by atoms with E-state index in [1.807, 2.05) is 67.5 Å². The van der Waals surface area contributed by atoms with E-state index in [9.17, 15) is 14.4 Å². The molecule has 12 nitrogen and oxygen atoms in total. The smallest absolute Gasteiger partial charge is 0.411 e. The number of likely N-dealkylation sites (N-methyl/N-ethyl adjacent to an activating group) is 1.